The fourth-order valence-electron chi connectivity index (χ4n) is 2.84. The topological polar surface area (TPSA) is 49.7 Å². The van der Waals surface area contributed by atoms with Crippen LogP contribution in [0.1, 0.15) is 47.6 Å². The average molecular weight is 364 g/mol. The fourth-order valence-corrected chi connectivity index (χ4v) is 3.20. The zero-order valence-electron chi connectivity index (χ0n) is 15.2. The van der Waals surface area contributed by atoms with E-state index in [0.29, 0.717) is 12.2 Å². The minimum absolute atomic E-state index is 0.140. The van der Waals surface area contributed by atoms with Crippen molar-refractivity contribution in [1.82, 2.24) is 0 Å². The van der Waals surface area contributed by atoms with E-state index < -0.39 is 7.34 Å². The summed E-state index contributed by atoms with van der Waals surface area (Å²) in [6.45, 7) is 7.95. The van der Waals surface area contributed by atoms with Crippen LogP contribution in [0.25, 0.3) is 0 Å². The Labute approximate surface area is 149 Å². The van der Waals surface area contributed by atoms with Crippen LogP contribution < -0.4 is 4.74 Å². The van der Waals surface area contributed by atoms with E-state index in [0.717, 1.165) is 27.8 Å². The molecule has 2 rings (SSSR count). The number of aryl methyl sites for hydroxylation is 2. The van der Waals surface area contributed by atoms with Crippen LogP contribution in [-0.2, 0) is 6.42 Å². The number of hydrogen-bond donors (Lipinski definition) is 2. The molecule has 3 nitrogen and oxygen atoms in total. The van der Waals surface area contributed by atoms with Crippen molar-refractivity contribution in [3.63, 3.8) is 0 Å². The van der Waals surface area contributed by atoms with Crippen LogP contribution in [0.2, 0.25) is 0 Å². The van der Waals surface area contributed by atoms with Crippen LogP contribution in [-0.4, -0.2) is 22.4 Å². The Hall–Kier alpha value is -1.61. The normalized spacial score (nSPS) is 11.8. The Balaban J connectivity index is 2.26. The smallest absolute Gasteiger partial charge is 0.152 e. The van der Waals surface area contributed by atoms with E-state index in [9.17, 15) is 14.2 Å². The van der Waals surface area contributed by atoms with E-state index >= 15 is 0 Å². The number of hydrogen-bond acceptors (Lipinski definition) is 3. The number of rotatable bonds is 6. The van der Waals surface area contributed by atoms with E-state index in [1.54, 1.807) is 0 Å². The van der Waals surface area contributed by atoms with Gasteiger partial charge < -0.3 is 14.5 Å². The van der Waals surface area contributed by atoms with Gasteiger partial charge in [-0.05, 0) is 78.5 Å². The summed E-state index contributed by atoms with van der Waals surface area (Å²) in [6.07, 6.45) is 3.82. The molecule has 0 fully saturated rings. The molecule has 0 aromatic heterocycles. The molecule has 0 aliphatic rings. The van der Waals surface area contributed by atoms with Crippen LogP contribution in [0, 0.1) is 19.7 Å². The molecule has 0 heterocycles. The van der Waals surface area contributed by atoms with E-state index in [2.05, 4.69) is 6.30 Å². The molecule has 0 amide bonds. The van der Waals surface area contributed by atoms with E-state index in [-0.39, 0.29) is 18.1 Å². The number of halogens is 1. The first-order valence-electron chi connectivity index (χ1n) is 8.26. The van der Waals surface area contributed by atoms with Crippen molar-refractivity contribution in [2.75, 3.05) is 6.35 Å². The van der Waals surface area contributed by atoms with Crippen LogP contribution >= 0.6 is 7.34 Å². The van der Waals surface area contributed by atoms with Crippen LogP contribution in [0.4, 0.5) is 4.39 Å². The highest BCUT2D eigenvalue weighted by atomic mass is 31.2. The molecule has 0 bridgehead atoms. The van der Waals surface area contributed by atoms with Crippen molar-refractivity contribution in [1.29, 1.82) is 0 Å². The highest BCUT2D eigenvalue weighted by molar-refractivity contribution is 7.62. The first-order chi connectivity index (χ1) is 11.6. The number of ether oxygens (including phenoxy) is 1. The highest BCUT2D eigenvalue weighted by Crippen LogP contribution is 2.35. The van der Waals surface area contributed by atoms with Gasteiger partial charge in [0.1, 0.15) is 18.9 Å². The molecule has 0 saturated heterocycles. The molecule has 2 aromatic rings. The molecular formula is C20H26FO3P. The minimum Gasteiger partial charge on any atom is -0.484 e. The first-order valence-corrected chi connectivity index (χ1v) is 10.3. The Morgan fingerprint density at radius 3 is 2.24 bits per heavy atom. The van der Waals surface area contributed by atoms with Crippen molar-refractivity contribution in [3.8, 4) is 5.75 Å². The van der Waals surface area contributed by atoms with E-state index in [1.807, 2.05) is 52.0 Å². The van der Waals surface area contributed by atoms with Gasteiger partial charge in [-0.15, -0.1) is 0 Å². The monoisotopic (exact) mass is 364 g/mol. The van der Waals surface area contributed by atoms with Gasteiger partial charge in [0.2, 0.25) is 0 Å². The van der Waals surface area contributed by atoms with Gasteiger partial charge in [0.25, 0.3) is 0 Å². The maximum Gasteiger partial charge on any atom is 0.152 e. The zero-order chi connectivity index (χ0) is 18.8. The first kappa shape index (κ1) is 19.7. The van der Waals surface area contributed by atoms with Crippen LogP contribution in [0.5, 0.6) is 5.75 Å². The summed E-state index contributed by atoms with van der Waals surface area (Å²) in [5, 5.41) is 0. The third kappa shape index (κ3) is 5.43. The maximum atomic E-state index is 13.9. The minimum atomic E-state index is -3.21. The van der Waals surface area contributed by atoms with Gasteiger partial charge in [-0.25, -0.2) is 4.39 Å². The molecule has 0 aliphatic heterocycles. The third-order valence-electron chi connectivity index (χ3n) is 4.17. The molecule has 0 radical (unpaired) electrons. The van der Waals surface area contributed by atoms with Gasteiger partial charge in [-0.2, -0.15) is 0 Å². The molecule has 0 saturated carbocycles. The Morgan fingerprint density at radius 2 is 1.72 bits per heavy atom. The van der Waals surface area contributed by atoms with E-state index in [4.69, 9.17) is 4.74 Å². The van der Waals surface area contributed by atoms with Crippen molar-refractivity contribution in [3.05, 3.63) is 64.0 Å². The second-order valence-corrected chi connectivity index (χ2v) is 8.89. The van der Waals surface area contributed by atoms with Crippen molar-refractivity contribution in [2.45, 2.75) is 40.0 Å². The molecule has 25 heavy (non-hydrogen) atoms. The van der Waals surface area contributed by atoms with Gasteiger partial charge in [-0.3, -0.25) is 0 Å². The Bertz CT molecular complexity index is 786. The highest BCUT2D eigenvalue weighted by Gasteiger charge is 2.12. The lowest BCUT2D eigenvalue weighted by Crippen LogP contribution is -2.02. The third-order valence-corrected chi connectivity index (χ3v) is 4.71. The Kier molecular flexibility index (Phi) is 6.10. The van der Waals surface area contributed by atoms with Gasteiger partial charge in [0, 0.05) is 0 Å². The molecule has 0 unspecified atom stereocenters. The van der Waals surface area contributed by atoms with Crippen molar-refractivity contribution >= 4 is 13.6 Å². The number of benzene rings is 2. The Morgan fingerprint density at radius 1 is 1.12 bits per heavy atom. The quantitative estimate of drug-likeness (QED) is 0.727. The molecule has 2 N–H and O–H groups in total. The molecule has 0 aliphatic carbocycles. The van der Waals surface area contributed by atoms with Crippen LogP contribution in [0.3, 0.4) is 0 Å². The fraction of sp³-hybridized carbons (Fsp3) is 0.350. The predicted octanol–water partition coefficient (Wildman–Crippen LogP) is 4.76. The lowest BCUT2D eigenvalue weighted by atomic mass is 9.93. The van der Waals surface area contributed by atoms with Gasteiger partial charge in [-0.1, -0.05) is 26.0 Å². The maximum absolute atomic E-state index is 13.9. The summed E-state index contributed by atoms with van der Waals surface area (Å²) in [5.74, 6) is 0.571. The zero-order valence-corrected chi connectivity index (χ0v) is 16.1. The molecule has 2 aromatic carbocycles. The predicted molar refractivity (Wildman–Crippen MR) is 103 cm³/mol. The molecule has 0 atom stereocenters. The van der Waals surface area contributed by atoms with Gasteiger partial charge in [0.15, 0.2) is 6.35 Å². The van der Waals surface area contributed by atoms with Crippen molar-refractivity contribution in [2.24, 2.45) is 0 Å². The SMILES string of the molecule is C=P(O)(O)COc1cc(C)c(Cc2ccc(F)c(C(C)C)c2)c(C)c1. The summed E-state index contributed by atoms with van der Waals surface area (Å²) in [7, 11) is -3.21. The standard InChI is InChI=1S/C20H26FO3P/c1-13(2)18-10-16(6-7-20(18)21)11-19-14(3)8-17(9-15(19)4)24-12-25(5,22)23/h6-10,13,22-23H,5,11-12H2,1-4H3. The van der Waals surface area contributed by atoms with Crippen molar-refractivity contribution < 1.29 is 18.9 Å². The summed E-state index contributed by atoms with van der Waals surface area (Å²) in [4.78, 5) is 18.7. The second-order valence-electron chi connectivity index (χ2n) is 6.88. The summed E-state index contributed by atoms with van der Waals surface area (Å²) in [6, 6.07) is 9.05. The lowest BCUT2D eigenvalue weighted by molar-refractivity contribution is 0.344. The summed E-state index contributed by atoms with van der Waals surface area (Å²) >= 11 is 0. The second kappa shape index (κ2) is 7.74. The van der Waals surface area contributed by atoms with Crippen LogP contribution in [0.15, 0.2) is 30.3 Å². The van der Waals surface area contributed by atoms with E-state index in [1.165, 1.54) is 6.07 Å². The molecule has 0 spiro atoms. The summed E-state index contributed by atoms with van der Waals surface area (Å²) < 4.78 is 19.3. The van der Waals surface area contributed by atoms with Gasteiger partial charge in [0.05, 0.1) is 0 Å². The lowest BCUT2D eigenvalue weighted by Gasteiger charge is -2.16. The van der Waals surface area contributed by atoms with Gasteiger partial charge >= 0.3 is 0 Å². The largest absolute Gasteiger partial charge is 0.484 e. The molecule has 136 valence electrons. The summed E-state index contributed by atoms with van der Waals surface area (Å²) in [5.41, 5.74) is 5.06. The molecular weight excluding hydrogens is 338 g/mol. The molecule has 5 heteroatoms. The average Bonchev–Trinajstić information content (AvgIpc) is 2.49.